The molecule has 0 amide bonds. The predicted octanol–water partition coefficient (Wildman–Crippen LogP) is 2.26. The van der Waals surface area contributed by atoms with Crippen LogP contribution in [-0.2, 0) is 0 Å². The molecule has 1 fully saturated rings. The van der Waals surface area contributed by atoms with Crippen molar-refractivity contribution >= 4 is 0 Å². The number of halogens is 1. The Labute approximate surface area is 94.8 Å². The fourth-order valence-electron chi connectivity index (χ4n) is 2.05. The molecule has 1 aromatic heterocycles. The molecule has 0 bridgehead atoms. The van der Waals surface area contributed by atoms with E-state index in [0.717, 1.165) is 25.7 Å². The number of nitrogens with zero attached hydrogens (tertiary/aromatic N) is 1. The van der Waals surface area contributed by atoms with E-state index in [9.17, 15) is 4.39 Å². The Morgan fingerprint density at radius 1 is 1.31 bits per heavy atom. The third-order valence-corrected chi connectivity index (χ3v) is 2.99. The third-order valence-electron chi connectivity index (χ3n) is 2.99. The van der Waals surface area contributed by atoms with Crippen molar-refractivity contribution in [3.63, 3.8) is 0 Å². The molecule has 1 aliphatic rings. The van der Waals surface area contributed by atoms with Crippen molar-refractivity contribution in [1.82, 2.24) is 4.98 Å². The Balaban J connectivity index is 2.05. The Morgan fingerprint density at radius 3 is 2.94 bits per heavy atom. The summed E-state index contributed by atoms with van der Waals surface area (Å²) in [5, 5.41) is 0. The first-order chi connectivity index (χ1) is 7.77. The van der Waals surface area contributed by atoms with Gasteiger partial charge in [-0.3, -0.25) is 0 Å². The van der Waals surface area contributed by atoms with Gasteiger partial charge in [-0.15, -0.1) is 0 Å². The maximum absolute atomic E-state index is 13.3. The second-order valence-electron chi connectivity index (χ2n) is 4.25. The number of rotatable bonds is 2. The van der Waals surface area contributed by atoms with Crippen molar-refractivity contribution in [3.8, 4) is 5.88 Å². The molecule has 2 unspecified atom stereocenters. The standard InChI is InChI=1S/C12H17FN2O/c13-9-5-4-8-15-12(9)16-11-7-3-1-2-6-10(11)14/h4-5,8,10-11H,1-3,6-7,14H2. The van der Waals surface area contributed by atoms with Gasteiger partial charge in [0.2, 0.25) is 0 Å². The number of pyridine rings is 1. The molecule has 0 radical (unpaired) electrons. The first-order valence-electron chi connectivity index (χ1n) is 5.80. The molecule has 4 heteroatoms. The van der Waals surface area contributed by atoms with Gasteiger partial charge in [0.05, 0.1) is 0 Å². The van der Waals surface area contributed by atoms with E-state index in [-0.39, 0.29) is 18.0 Å². The number of ether oxygens (including phenoxy) is 1. The Bertz CT molecular complexity index is 346. The highest BCUT2D eigenvalue weighted by Gasteiger charge is 2.23. The monoisotopic (exact) mass is 224 g/mol. The normalized spacial score (nSPS) is 26.1. The summed E-state index contributed by atoms with van der Waals surface area (Å²) in [5.41, 5.74) is 6.00. The lowest BCUT2D eigenvalue weighted by Gasteiger charge is -2.22. The summed E-state index contributed by atoms with van der Waals surface area (Å²) in [6.45, 7) is 0. The topological polar surface area (TPSA) is 48.1 Å². The largest absolute Gasteiger partial charge is 0.471 e. The summed E-state index contributed by atoms with van der Waals surface area (Å²) >= 11 is 0. The summed E-state index contributed by atoms with van der Waals surface area (Å²) in [5.74, 6) is -0.344. The molecular formula is C12H17FN2O. The molecule has 0 saturated heterocycles. The third kappa shape index (κ3) is 2.70. The maximum Gasteiger partial charge on any atom is 0.250 e. The molecule has 1 saturated carbocycles. The van der Waals surface area contributed by atoms with Crippen LogP contribution in [0.5, 0.6) is 5.88 Å². The van der Waals surface area contributed by atoms with Gasteiger partial charge in [0.25, 0.3) is 5.88 Å². The highest BCUT2D eigenvalue weighted by atomic mass is 19.1. The van der Waals surface area contributed by atoms with Gasteiger partial charge in [0, 0.05) is 12.2 Å². The Morgan fingerprint density at radius 2 is 2.12 bits per heavy atom. The lowest BCUT2D eigenvalue weighted by atomic mass is 10.1. The molecule has 88 valence electrons. The van der Waals surface area contributed by atoms with Gasteiger partial charge in [-0.1, -0.05) is 12.8 Å². The molecule has 0 aliphatic heterocycles. The van der Waals surface area contributed by atoms with Crippen molar-refractivity contribution in [2.45, 2.75) is 44.2 Å². The number of aromatic nitrogens is 1. The van der Waals surface area contributed by atoms with Crippen LogP contribution in [0.2, 0.25) is 0 Å². The van der Waals surface area contributed by atoms with Crippen LogP contribution < -0.4 is 10.5 Å². The number of hydrogen-bond acceptors (Lipinski definition) is 3. The van der Waals surface area contributed by atoms with E-state index in [4.69, 9.17) is 10.5 Å². The zero-order valence-corrected chi connectivity index (χ0v) is 9.23. The molecule has 3 nitrogen and oxygen atoms in total. The predicted molar refractivity (Wildman–Crippen MR) is 59.7 cm³/mol. The molecule has 1 heterocycles. The lowest BCUT2D eigenvalue weighted by Crippen LogP contribution is -2.38. The van der Waals surface area contributed by atoms with E-state index in [0.29, 0.717) is 0 Å². The first kappa shape index (κ1) is 11.3. The van der Waals surface area contributed by atoms with Gasteiger partial charge in [0.1, 0.15) is 6.10 Å². The van der Waals surface area contributed by atoms with Gasteiger partial charge in [0.15, 0.2) is 5.82 Å². The Kier molecular flexibility index (Phi) is 3.72. The van der Waals surface area contributed by atoms with Gasteiger partial charge < -0.3 is 10.5 Å². The fourth-order valence-corrected chi connectivity index (χ4v) is 2.05. The molecule has 2 N–H and O–H groups in total. The Hall–Kier alpha value is -1.16. The lowest BCUT2D eigenvalue weighted by molar-refractivity contribution is 0.149. The molecule has 0 aromatic carbocycles. The van der Waals surface area contributed by atoms with Crippen molar-refractivity contribution < 1.29 is 9.13 Å². The minimum absolute atomic E-state index is 0.0103. The van der Waals surface area contributed by atoms with Crippen molar-refractivity contribution in [3.05, 3.63) is 24.1 Å². The van der Waals surface area contributed by atoms with Crippen LogP contribution in [0.1, 0.15) is 32.1 Å². The summed E-state index contributed by atoms with van der Waals surface area (Å²) in [6, 6.07) is 2.89. The van der Waals surface area contributed by atoms with Gasteiger partial charge in [-0.2, -0.15) is 0 Å². The second-order valence-corrected chi connectivity index (χ2v) is 4.25. The number of nitrogens with two attached hydrogens (primary N) is 1. The van der Waals surface area contributed by atoms with Crippen molar-refractivity contribution in [1.29, 1.82) is 0 Å². The van der Waals surface area contributed by atoms with Crippen LogP contribution in [-0.4, -0.2) is 17.1 Å². The average molecular weight is 224 g/mol. The molecule has 16 heavy (non-hydrogen) atoms. The molecule has 0 spiro atoms. The minimum Gasteiger partial charge on any atom is -0.471 e. The quantitative estimate of drug-likeness (QED) is 0.784. The smallest absolute Gasteiger partial charge is 0.250 e. The van der Waals surface area contributed by atoms with Crippen LogP contribution in [0.3, 0.4) is 0 Å². The van der Waals surface area contributed by atoms with Crippen LogP contribution in [0.15, 0.2) is 18.3 Å². The van der Waals surface area contributed by atoms with E-state index in [1.807, 2.05) is 0 Å². The van der Waals surface area contributed by atoms with Crippen LogP contribution in [0.25, 0.3) is 0 Å². The van der Waals surface area contributed by atoms with E-state index >= 15 is 0 Å². The SMILES string of the molecule is NC1CCCCCC1Oc1ncccc1F. The second kappa shape index (κ2) is 5.25. The zero-order valence-electron chi connectivity index (χ0n) is 9.23. The number of hydrogen-bond donors (Lipinski definition) is 1. The highest BCUT2D eigenvalue weighted by Crippen LogP contribution is 2.22. The molecule has 2 rings (SSSR count). The van der Waals surface area contributed by atoms with Crippen LogP contribution in [0, 0.1) is 5.82 Å². The first-order valence-corrected chi connectivity index (χ1v) is 5.80. The van der Waals surface area contributed by atoms with E-state index < -0.39 is 5.82 Å². The van der Waals surface area contributed by atoms with Crippen molar-refractivity contribution in [2.75, 3.05) is 0 Å². The summed E-state index contributed by atoms with van der Waals surface area (Å²) < 4.78 is 18.9. The van der Waals surface area contributed by atoms with Crippen LogP contribution >= 0.6 is 0 Å². The van der Waals surface area contributed by atoms with E-state index in [1.54, 1.807) is 6.07 Å². The van der Waals surface area contributed by atoms with Gasteiger partial charge in [-0.25, -0.2) is 9.37 Å². The fraction of sp³-hybridized carbons (Fsp3) is 0.583. The minimum atomic E-state index is -0.418. The maximum atomic E-state index is 13.3. The molecule has 2 atom stereocenters. The van der Waals surface area contributed by atoms with E-state index in [2.05, 4.69) is 4.98 Å². The summed E-state index contributed by atoms with van der Waals surface area (Å²) in [7, 11) is 0. The average Bonchev–Trinajstić information content (AvgIpc) is 2.48. The highest BCUT2D eigenvalue weighted by molar-refractivity contribution is 5.13. The van der Waals surface area contributed by atoms with Gasteiger partial charge in [-0.05, 0) is 31.4 Å². The summed E-state index contributed by atoms with van der Waals surface area (Å²) in [6.07, 6.45) is 6.65. The van der Waals surface area contributed by atoms with Crippen molar-refractivity contribution in [2.24, 2.45) is 5.73 Å². The molecular weight excluding hydrogens is 207 g/mol. The van der Waals surface area contributed by atoms with E-state index in [1.165, 1.54) is 18.7 Å². The zero-order chi connectivity index (χ0) is 11.4. The molecule has 1 aromatic rings. The van der Waals surface area contributed by atoms with Gasteiger partial charge >= 0.3 is 0 Å². The summed E-state index contributed by atoms with van der Waals surface area (Å²) in [4.78, 5) is 3.88. The van der Waals surface area contributed by atoms with Crippen LogP contribution in [0.4, 0.5) is 4.39 Å². The molecule has 1 aliphatic carbocycles.